The molecule has 0 radical (unpaired) electrons. The zero-order valence-electron chi connectivity index (χ0n) is 36.0. The van der Waals surface area contributed by atoms with E-state index in [1.807, 2.05) is 103 Å². The number of thiazole rings is 1. The van der Waals surface area contributed by atoms with Crippen LogP contribution in [0.2, 0.25) is 0 Å². The van der Waals surface area contributed by atoms with Crippen LogP contribution in [0.4, 0.5) is 5.13 Å². The van der Waals surface area contributed by atoms with Crippen LogP contribution in [0.15, 0.2) is 176 Å². The van der Waals surface area contributed by atoms with E-state index in [9.17, 15) is 23.7 Å². The van der Waals surface area contributed by atoms with Crippen molar-refractivity contribution >= 4 is 84.3 Å². The van der Waals surface area contributed by atoms with Gasteiger partial charge in [0.2, 0.25) is 5.37 Å². The van der Waals surface area contributed by atoms with E-state index in [-0.39, 0.29) is 40.6 Å². The summed E-state index contributed by atoms with van der Waals surface area (Å²) in [6.45, 7) is -0.112. The molecule has 3 atom stereocenters. The Morgan fingerprint density at radius 2 is 1.51 bits per heavy atom. The number of ether oxygens (including phenoxy) is 2. The highest BCUT2D eigenvalue weighted by Crippen LogP contribution is 2.42. The number of hydrogen-bond acceptors (Lipinski definition) is 14. The molecule has 0 saturated carbocycles. The quantitative estimate of drug-likeness (QED) is 0.0185. The molecule has 7 aromatic rings. The van der Waals surface area contributed by atoms with Crippen molar-refractivity contribution in [1.82, 2.24) is 15.2 Å². The van der Waals surface area contributed by atoms with E-state index in [2.05, 4.69) is 15.8 Å². The van der Waals surface area contributed by atoms with Crippen LogP contribution >= 0.6 is 34.4 Å². The van der Waals surface area contributed by atoms with E-state index in [0.717, 1.165) is 26.3 Å². The van der Waals surface area contributed by atoms with Crippen molar-refractivity contribution in [2.24, 2.45) is 5.16 Å². The summed E-state index contributed by atoms with van der Waals surface area (Å²) >= 11 is 2.21. The van der Waals surface area contributed by atoms with Crippen molar-refractivity contribution in [3.05, 3.63) is 200 Å². The topological polar surface area (TPSA) is 172 Å². The highest BCUT2D eigenvalue weighted by molar-refractivity contribution is 8.01. The molecule has 2 unspecified atom stereocenters. The second kappa shape index (κ2) is 20.0. The van der Waals surface area contributed by atoms with Gasteiger partial charge in [0, 0.05) is 32.9 Å². The number of carbonyl (C=O) groups is 3. The lowest BCUT2D eigenvalue weighted by atomic mass is 9.77. The third kappa shape index (κ3) is 9.20. The van der Waals surface area contributed by atoms with Crippen LogP contribution < -0.4 is 20.8 Å². The molecule has 2 aliphatic rings. The molecule has 0 bridgehead atoms. The van der Waals surface area contributed by atoms with Gasteiger partial charge < -0.3 is 29.5 Å². The monoisotopic (exact) mass is 967 g/mol. The maximum absolute atomic E-state index is 14.2. The van der Waals surface area contributed by atoms with E-state index < -0.39 is 45.9 Å². The molecule has 17 heteroatoms. The number of hydrogen-bond donors (Lipinski definition) is 2. The second-order valence-corrected chi connectivity index (χ2v) is 20.0. The van der Waals surface area contributed by atoms with E-state index in [1.54, 1.807) is 48.9 Å². The summed E-state index contributed by atoms with van der Waals surface area (Å²) in [6, 6.07) is 44.5. The number of methoxy groups -OCH3 is 1. The summed E-state index contributed by atoms with van der Waals surface area (Å²) in [5, 5.41) is 12.1. The van der Waals surface area contributed by atoms with Crippen molar-refractivity contribution in [3.63, 3.8) is 0 Å². The maximum Gasteiger partial charge on any atom is 0.355 e. The standard InChI is InChI=1S/C50H41N5O8S4/c1-61-36-24-22-31(23-25-36)27-63-48(59)44-32(28-64-41-26-39(56)37-20-12-13-21-40(37)66-41)30-67(60)47-43(46(58)55(44)47)52-45(57)42(54-62-2)38-29-65-49(51-38)53-50(33-14-6-3-7-15-33,34-16-8-4-9-17-34)35-18-10-5-11-19-35/h3-26,29,43,47H,27-28,30H2,1-2H3,(H,51,53)(H,52,57)/b54-42-/t43?,47-,67?/m1/s1. The molecule has 2 amide bonds. The van der Waals surface area contributed by atoms with Gasteiger partial charge in [-0.3, -0.25) is 19.3 Å². The Morgan fingerprint density at radius 3 is 2.13 bits per heavy atom. The first-order chi connectivity index (χ1) is 32.7. The SMILES string of the molecule is CO/N=C(\C(=O)NC1C(=O)N2C(C(=O)OCc3ccc(OC)cc3)=C(CSc3cc(=O)c4ccccc4s3)C[S+]([O-])[C@H]12)c1csc(NC(c2ccccc2)(c2ccccc2)c2ccccc2)n1. The minimum atomic E-state index is -1.77. The molecule has 5 aromatic carbocycles. The van der Waals surface area contributed by atoms with Crippen molar-refractivity contribution in [1.29, 1.82) is 0 Å². The zero-order chi connectivity index (χ0) is 46.5. The Kier molecular flexibility index (Phi) is 13.5. The van der Waals surface area contributed by atoms with E-state index in [0.29, 0.717) is 31.6 Å². The summed E-state index contributed by atoms with van der Waals surface area (Å²) in [4.78, 5) is 66.6. The van der Waals surface area contributed by atoms with E-state index >= 15 is 0 Å². The average molecular weight is 968 g/mol. The summed E-state index contributed by atoms with van der Waals surface area (Å²) in [5.74, 6) is -1.56. The van der Waals surface area contributed by atoms with Crippen LogP contribution in [0.5, 0.6) is 5.75 Å². The van der Waals surface area contributed by atoms with Crippen molar-refractivity contribution in [2.45, 2.75) is 27.8 Å². The van der Waals surface area contributed by atoms with Gasteiger partial charge in [0.25, 0.3) is 11.8 Å². The first-order valence-electron chi connectivity index (χ1n) is 20.9. The van der Waals surface area contributed by atoms with Crippen LogP contribution in [0.25, 0.3) is 10.1 Å². The third-order valence-corrected chi connectivity index (χ3v) is 16.1. The molecule has 1 fully saturated rings. The van der Waals surface area contributed by atoms with Crippen molar-refractivity contribution < 1.29 is 33.2 Å². The Balaban J connectivity index is 0.977. The number of anilines is 1. The number of thioether (sulfide) groups is 1. The number of amides is 2. The normalized spacial score (nSPS) is 17.1. The molecule has 1 saturated heterocycles. The molecule has 9 rings (SSSR count). The highest BCUT2D eigenvalue weighted by Gasteiger charge is 2.61. The van der Waals surface area contributed by atoms with Crippen LogP contribution in [0.3, 0.4) is 0 Å². The fraction of sp³-hybridized carbons (Fsp3) is 0.160. The molecule has 4 heterocycles. The first-order valence-corrected chi connectivity index (χ1v) is 25.0. The minimum Gasteiger partial charge on any atom is -0.614 e. The van der Waals surface area contributed by atoms with Gasteiger partial charge in [0.1, 0.15) is 42.1 Å². The number of rotatable bonds is 16. The largest absolute Gasteiger partial charge is 0.614 e. The summed E-state index contributed by atoms with van der Waals surface area (Å²) in [5.41, 5.74) is 2.80. The lowest BCUT2D eigenvalue weighted by Gasteiger charge is -2.49. The van der Waals surface area contributed by atoms with Crippen molar-refractivity contribution in [3.8, 4) is 5.75 Å². The van der Waals surface area contributed by atoms with Gasteiger partial charge in [-0.2, -0.15) is 0 Å². The van der Waals surface area contributed by atoms with Crippen LogP contribution in [0, 0.1) is 0 Å². The van der Waals surface area contributed by atoms with Gasteiger partial charge in [-0.05, 0) is 57.7 Å². The van der Waals surface area contributed by atoms with Gasteiger partial charge in [-0.25, -0.2) is 9.78 Å². The molecule has 0 spiro atoms. The van der Waals surface area contributed by atoms with Crippen LogP contribution in [0.1, 0.15) is 27.9 Å². The van der Waals surface area contributed by atoms with Crippen LogP contribution in [-0.4, -0.2) is 75.1 Å². The van der Waals surface area contributed by atoms with Gasteiger partial charge >= 0.3 is 5.97 Å². The van der Waals surface area contributed by atoms with Gasteiger partial charge in [-0.1, -0.05) is 120 Å². The van der Waals surface area contributed by atoms with Crippen LogP contribution in [-0.2, 0) is 47.3 Å². The fourth-order valence-corrected chi connectivity index (χ4v) is 12.9. The minimum absolute atomic E-state index is 0.0472. The lowest BCUT2D eigenvalue weighted by Crippen LogP contribution is -2.75. The number of esters is 1. The van der Waals surface area contributed by atoms with E-state index in [1.165, 1.54) is 47.6 Å². The lowest BCUT2D eigenvalue weighted by molar-refractivity contribution is -0.153. The summed E-state index contributed by atoms with van der Waals surface area (Å²) in [7, 11) is 2.84. The van der Waals surface area contributed by atoms with Gasteiger partial charge in [0.05, 0.1) is 11.3 Å². The number of nitrogens with zero attached hydrogens (tertiary/aromatic N) is 3. The Morgan fingerprint density at radius 1 is 0.881 bits per heavy atom. The average Bonchev–Trinajstić information content (AvgIpc) is 3.83. The van der Waals surface area contributed by atoms with Gasteiger partial charge in [0.15, 0.2) is 22.3 Å². The molecular weight excluding hydrogens is 927 g/mol. The molecule has 13 nitrogen and oxygen atoms in total. The molecule has 0 aliphatic carbocycles. The summed E-state index contributed by atoms with van der Waals surface area (Å²) < 4.78 is 26.7. The molecule has 67 heavy (non-hydrogen) atoms. The number of β-lactam (4-membered cyclic amide) rings is 1. The first kappa shape index (κ1) is 45.4. The molecule has 2 N–H and O–H groups in total. The van der Waals surface area contributed by atoms with E-state index in [4.69, 9.17) is 19.3 Å². The highest BCUT2D eigenvalue weighted by atomic mass is 32.2. The number of nitrogens with one attached hydrogen (secondary N) is 2. The zero-order valence-corrected chi connectivity index (χ0v) is 39.2. The van der Waals surface area contributed by atoms with Crippen molar-refractivity contribution in [2.75, 3.05) is 31.0 Å². The Bertz CT molecular complexity index is 2960. The predicted molar refractivity (Wildman–Crippen MR) is 263 cm³/mol. The molecule has 2 aliphatic heterocycles. The maximum atomic E-state index is 14.2. The van der Waals surface area contributed by atoms with Gasteiger partial charge in [-0.15, -0.1) is 34.4 Å². The molecule has 2 aromatic heterocycles. The predicted octanol–water partition coefficient (Wildman–Crippen LogP) is 7.69. The molecular formula is C50H41N5O8S4. The number of benzene rings is 5. The number of oxime groups is 1. The number of carbonyl (C=O) groups excluding carboxylic acids is 3. The Labute approximate surface area is 400 Å². The second-order valence-electron chi connectivity index (χ2n) is 15.3. The number of fused-ring (bicyclic) bond motifs is 2. The molecule has 338 valence electrons. The Hall–Kier alpha value is -6.76. The third-order valence-electron chi connectivity index (χ3n) is 11.3. The number of aromatic nitrogens is 1. The fourth-order valence-electron chi connectivity index (χ4n) is 8.09. The smallest absolute Gasteiger partial charge is 0.355 e. The summed E-state index contributed by atoms with van der Waals surface area (Å²) in [6.07, 6.45) is 0.